The topological polar surface area (TPSA) is 171 Å². The molecule has 0 spiro atoms. The number of nitrogens with one attached hydrogen (secondary N) is 1. The van der Waals surface area contributed by atoms with Crippen LogP contribution in [0.4, 0.5) is 10.5 Å². The van der Waals surface area contributed by atoms with Gasteiger partial charge in [0.25, 0.3) is 11.6 Å². The highest BCUT2D eigenvalue weighted by Gasteiger charge is 2.56. The van der Waals surface area contributed by atoms with Crippen LogP contribution in [0.15, 0.2) is 54.6 Å². The fourth-order valence-corrected chi connectivity index (χ4v) is 5.22. The van der Waals surface area contributed by atoms with Crippen LogP contribution in [-0.2, 0) is 35.3 Å². The Kier molecular flexibility index (Phi) is 10.5. The van der Waals surface area contributed by atoms with Crippen LogP contribution in [0, 0.1) is 16.0 Å². The van der Waals surface area contributed by atoms with Crippen molar-refractivity contribution in [3.8, 4) is 5.75 Å². The molecule has 42 heavy (non-hydrogen) atoms. The second-order valence-corrected chi connectivity index (χ2v) is 11.1. The fraction of sp³-hybridized carbons (Fsp3) is 0.370. The zero-order valence-electron chi connectivity index (χ0n) is 22.0. The van der Waals surface area contributed by atoms with Crippen LogP contribution in [0.5, 0.6) is 5.75 Å². The highest BCUT2D eigenvalue weighted by molar-refractivity contribution is 9.09. The van der Waals surface area contributed by atoms with Crippen LogP contribution in [-0.4, -0.2) is 74.7 Å². The van der Waals surface area contributed by atoms with E-state index in [2.05, 4.69) is 21.2 Å². The number of Topliss-reactive ketones (excluding diaryl/α,β-unsaturated/α-hetero) is 1. The molecule has 3 atom stereocenters. The van der Waals surface area contributed by atoms with Crippen molar-refractivity contribution in [1.82, 2.24) is 10.2 Å². The van der Waals surface area contributed by atoms with E-state index >= 15 is 0 Å². The first-order valence-electron chi connectivity index (χ1n) is 12.8. The molecule has 0 bridgehead atoms. The predicted molar refractivity (Wildman–Crippen MR) is 152 cm³/mol. The minimum atomic E-state index is -1.72. The average Bonchev–Trinajstić information content (AvgIpc) is 3.83. The number of para-hydroxylation sites is 1. The van der Waals surface area contributed by atoms with Crippen LogP contribution in [0.3, 0.4) is 0 Å². The van der Waals surface area contributed by atoms with Crippen LogP contribution in [0.1, 0.15) is 18.4 Å². The van der Waals surface area contributed by atoms with E-state index < -0.39 is 57.9 Å². The van der Waals surface area contributed by atoms with Crippen LogP contribution in [0.25, 0.3) is 0 Å². The van der Waals surface area contributed by atoms with E-state index in [1.165, 1.54) is 24.3 Å². The van der Waals surface area contributed by atoms with Gasteiger partial charge in [0.2, 0.25) is 5.91 Å². The van der Waals surface area contributed by atoms with Gasteiger partial charge in [-0.2, -0.15) is 0 Å². The summed E-state index contributed by atoms with van der Waals surface area (Å²) in [7, 11) is 0. The number of β-lactam (4-membered cyclic amide) rings is 1. The molecule has 1 heterocycles. The maximum Gasteiger partial charge on any atom is 0.369 e. The number of thioether (sulfide) groups is 1. The first-order chi connectivity index (χ1) is 20.2. The van der Waals surface area contributed by atoms with Crippen molar-refractivity contribution in [3.63, 3.8) is 0 Å². The maximum absolute atomic E-state index is 13.2. The molecule has 222 valence electrons. The molecule has 13 nitrogen and oxygen atoms in total. The number of likely N-dealkylation sites (tertiary alicyclic amines) is 1. The van der Waals surface area contributed by atoms with Crippen molar-refractivity contribution in [2.75, 3.05) is 18.5 Å². The number of hydrogen-bond donors (Lipinski definition) is 1. The summed E-state index contributed by atoms with van der Waals surface area (Å²) < 4.78 is 16.0. The summed E-state index contributed by atoms with van der Waals surface area (Å²) >= 11 is 3.59. The van der Waals surface area contributed by atoms with E-state index in [1.54, 1.807) is 30.3 Å². The van der Waals surface area contributed by atoms with Crippen molar-refractivity contribution >= 4 is 62.2 Å². The van der Waals surface area contributed by atoms with E-state index in [9.17, 15) is 34.1 Å². The monoisotopic (exact) mass is 663 g/mol. The maximum atomic E-state index is 13.2. The molecule has 2 aliphatic rings. The lowest BCUT2D eigenvalue weighted by molar-refractivity contribution is -0.384. The number of rotatable bonds is 14. The van der Waals surface area contributed by atoms with Crippen molar-refractivity contribution in [2.45, 2.75) is 36.9 Å². The molecule has 1 aliphatic carbocycles. The number of alkyl halides is 1. The summed E-state index contributed by atoms with van der Waals surface area (Å²) in [5, 5.41) is 11.2. The number of non-ortho nitro benzene ring substituents is 1. The molecular weight excluding hydrogens is 638 g/mol. The second kappa shape index (κ2) is 14.3. The van der Waals surface area contributed by atoms with Crippen molar-refractivity contribution in [2.24, 2.45) is 5.92 Å². The predicted octanol–water partition coefficient (Wildman–Crippen LogP) is 2.98. The Labute approximate surface area is 252 Å². The number of carbonyl (C=O) groups excluding carboxylic acids is 5. The van der Waals surface area contributed by atoms with Gasteiger partial charge in [0.15, 0.2) is 18.4 Å². The Bertz CT molecular complexity index is 1340. The van der Waals surface area contributed by atoms with E-state index in [1.807, 2.05) is 0 Å². The molecule has 2 fully saturated rings. The lowest BCUT2D eigenvalue weighted by Gasteiger charge is -2.48. The van der Waals surface area contributed by atoms with Gasteiger partial charge in [-0.25, -0.2) is 9.59 Å². The number of esters is 1. The minimum absolute atomic E-state index is 0.153. The zero-order chi connectivity index (χ0) is 30.2. The summed E-state index contributed by atoms with van der Waals surface area (Å²) in [6.45, 7) is -0.545. The van der Waals surface area contributed by atoms with E-state index in [0.717, 1.165) is 17.7 Å². The highest BCUT2D eigenvalue weighted by Crippen LogP contribution is 2.35. The normalized spacial score (nSPS) is 18.3. The Hall–Kier alpha value is -3.98. The van der Waals surface area contributed by atoms with Gasteiger partial charge in [-0.15, -0.1) is 0 Å². The Morgan fingerprint density at radius 2 is 1.76 bits per heavy atom. The van der Waals surface area contributed by atoms with Gasteiger partial charge in [-0.1, -0.05) is 34.1 Å². The van der Waals surface area contributed by atoms with Gasteiger partial charge in [-0.05, 0) is 60.4 Å². The largest absolute Gasteiger partial charge is 0.484 e. The van der Waals surface area contributed by atoms with Crippen LogP contribution >= 0.6 is 27.7 Å². The van der Waals surface area contributed by atoms with E-state index in [-0.39, 0.29) is 30.1 Å². The third-order valence-corrected chi connectivity index (χ3v) is 7.93. The number of hydrogen-bond acceptors (Lipinski definition) is 11. The minimum Gasteiger partial charge on any atom is -0.484 e. The Morgan fingerprint density at radius 3 is 2.38 bits per heavy atom. The van der Waals surface area contributed by atoms with Gasteiger partial charge in [0, 0.05) is 12.1 Å². The van der Waals surface area contributed by atoms with E-state index in [0.29, 0.717) is 23.1 Å². The van der Waals surface area contributed by atoms with Gasteiger partial charge in [0.1, 0.15) is 23.8 Å². The molecule has 1 saturated carbocycles. The van der Waals surface area contributed by atoms with Crippen molar-refractivity contribution in [1.29, 1.82) is 0 Å². The number of nitrogens with zero attached hydrogens (tertiary/aromatic N) is 2. The van der Waals surface area contributed by atoms with Crippen LogP contribution in [0.2, 0.25) is 0 Å². The molecule has 0 aromatic heterocycles. The quantitative estimate of drug-likeness (QED) is 0.0786. The van der Waals surface area contributed by atoms with Gasteiger partial charge < -0.3 is 24.4 Å². The molecule has 15 heteroatoms. The number of nitro groups is 1. The molecule has 0 radical (unpaired) electrons. The molecule has 1 N–H and O–H groups in total. The average molecular weight is 664 g/mol. The van der Waals surface area contributed by atoms with Gasteiger partial charge >= 0.3 is 11.3 Å². The third kappa shape index (κ3) is 8.06. The number of carbonyl (C=O) groups is 5. The number of amides is 2. The summed E-state index contributed by atoms with van der Waals surface area (Å²) in [4.78, 5) is 75.6. The number of ether oxygens (including phenoxy) is 3. The van der Waals surface area contributed by atoms with E-state index in [4.69, 9.17) is 14.2 Å². The Balaban J connectivity index is 1.46. The molecule has 1 aliphatic heterocycles. The Morgan fingerprint density at radius 1 is 1.07 bits per heavy atom. The number of benzene rings is 2. The summed E-state index contributed by atoms with van der Waals surface area (Å²) in [6.07, 6.45) is 1.88. The number of halogens is 1. The smallest absolute Gasteiger partial charge is 0.369 e. The third-order valence-electron chi connectivity index (χ3n) is 6.33. The molecule has 2 aromatic carbocycles. The molecular formula is C27H26BrN3O10S. The molecule has 3 unspecified atom stereocenters. The number of ketones is 1. The van der Waals surface area contributed by atoms with Gasteiger partial charge in [0.05, 0.1) is 16.9 Å². The standard InChI is InChI=1S/C27H26BrN3O10S/c28-12-20(32)23(26(35)40-13-17-8-10-18(11-9-17)31(37)38)30-24(34)22(25(30)42-27(36)41-14-16-6-7-16)29-21(33)15-39-19-4-2-1-3-5-19/h1-5,8-11,16,22-23,25H,6-7,12-15H2,(H,29,33). The summed E-state index contributed by atoms with van der Waals surface area (Å²) in [5.41, 5.74) is 0.256. The summed E-state index contributed by atoms with van der Waals surface area (Å²) in [6, 6.07) is 10.8. The molecule has 1 saturated heterocycles. The zero-order valence-corrected chi connectivity index (χ0v) is 24.4. The van der Waals surface area contributed by atoms with Crippen LogP contribution < -0.4 is 10.1 Å². The summed E-state index contributed by atoms with van der Waals surface area (Å²) in [5.74, 6) is -2.51. The first kappa shape index (κ1) is 31.0. The molecule has 2 amide bonds. The molecule has 4 rings (SSSR count). The number of nitro benzene ring substituents is 1. The highest BCUT2D eigenvalue weighted by atomic mass is 79.9. The molecule has 2 aromatic rings. The first-order valence-corrected chi connectivity index (χ1v) is 14.8. The van der Waals surface area contributed by atoms with Gasteiger partial charge in [-0.3, -0.25) is 24.5 Å². The van der Waals surface area contributed by atoms with Crippen molar-refractivity contribution in [3.05, 3.63) is 70.3 Å². The lowest BCUT2D eigenvalue weighted by Crippen LogP contribution is -2.74. The van der Waals surface area contributed by atoms with Crippen molar-refractivity contribution < 1.29 is 43.1 Å². The second-order valence-electron chi connectivity index (χ2n) is 9.44. The lowest BCUT2D eigenvalue weighted by atomic mass is 10.0. The fourth-order valence-electron chi connectivity index (χ4n) is 3.92. The SMILES string of the molecule is O=C(COc1ccccc1)NC1C(=O)N(C(C(=O)CBr)C(=O)OCc2ccc([N+](=O)[O-])cc2)C1SC(=O)OCC1CC1.